The van der Waals surface area contributed by atoms with Crippen LogP contribution in [0.15, 0.2) is 24.3 Å². The summed E-state index contributed by atoms with van der Waals surface area (Å²) in [5.74, 6) is 0. The van der Waals surface area contributed by atoms with Crippen LogP contribution in [-0.2, 0) is 11.2 Å². The van der Waals surface area contributed by atoms with Gasteiger partial charge in [0, 0.05) is 32.3 Å². The second-order valence-corrected chi connectivity index (χ2v) is 4.85. The first-order chi connectivity index (χ1) is 8.86. The van der Waals surface area contributed by atoms with Gasteiger partial charge in [0.15, 0.2) is 0 Å². The normalized spacial score (nSPS) is 19.8. The van der Waals surface area contributed by atoms with Crippen LogP contribution in [0.4, 0.5) is 0 Å². The van der Waals surface area contributed by atoms with E-state index in [0.717, 1.165) is 39.1 Å². The molecule has 2 rings (SSSR count). The van der Waals surface area contributed by atoms with E-state index in [0.29, 0.717) is 12.6 Å². The van der Waals surface area contributed by atoms with Gasteiger partial charge in [0.1, 0.15) is 0 Å². The van der Waals surface area contributed by atoms with E-state index < -0.39 is 0 Å². The average Bonchev–Trinajstić information content (AvgIpc) is 2.43. The molecule has 0 fully saturated rings. The van der Waals surface area contributed by atoms with Gasteiger partial charge in [0.25, 0.3) is 0 Å². The third kappa shape index (κ3) is 3.10. The number of hydrogen-bond acceptors (Lipinski definition) is 3. The Morgan fingerprint density at radius 2 is 2.17 bits per heavy atom. The van der Waals surface area contributed by atoms with Crippen molar-refractivity contribution in [3.05, 3.63) is 35.4 Å². The Hall–Kier alpha value is -0.900. The summed E-state index contributed by atoms with van der Waals surface area (Å²) in [6.45, 7) is 6.57. The molecule has 0 aromatic heterocycles. The molecule has 0 bridgehead atoms. The number of ether oxygens (including phenoxy) is 1. The molecule has 1 aliphatic heterocycles. The van der Waals surface area contributed by atoms with Crippen LogP contribution in [0, 0.1) is 0 Å². The third-order valence-corrected chi connectivity index (χ3v) is 3.62. The molecule has 2 N–H and O–H groups in total. The van der Waals surface area contributed by atoms with E-state index >= 15 is 0 Å². The molecule has 1 aromatic carbocycles. The molecule has 3 heteroatoms. The van der Waals surface area contributed by atoms with Crippen molar-refractivity contribution in [1.82, 2.24) is 4.90 Å². The largest absolute Gasteiger partial charge is 0.380 e. The molecule has 1 unspecified atom stereocenters. The van der Waals surface area contributed by atoms with Crippen LogP contribution in [0.1, 0.15) is 30.5 Å². The number of benzene rings is 1. The first kappa shape index (κ1) is 13.5. The Kier molecular flexibility index (Phi) is 5.17. The van der Waals surface area contributed by atoms with Crippen molar-refractivity contribution in [3.63, 3.8) is 0 Å². The monoisotopic (exact) mass is 248 g/mol. The Balaban J connectivity index is 1.97. The lowest BCUT2D eigenvalue weighted by Crippen LogP contribution is -2.41. The Morgan fingerprint density at radius 1 is 1.33 bits per heavy atom. The van der Waals surface area contributed by atoms with Gasteiger partial charge in [-0.25, -0.2) is 0 Å². The van der Waals surface area contributed by atoms with E-state index in [4.69, 9.17) is 10.5 Å². The fraction of sp³-hybridized carbons (Fsp3) is 0.600. The maximum absolute atomic E-state index is 5.96. The zero-order chi connectivity index (χ0) is 12.8. The van der Waals surface area contributed by atoms with Crippen LogP contribution in [0.25, 0.3) is 0 Å². The second-order valence-electron chi connectivity index (χ2n) is 4.85. The van der Waals surface area contributed by atoms with Crippen LogP contribution in [0.2, 0.25) is 0 Å². The number of rotatable bonds is 6. The minimum atomic E-state index is 0.361. The van der Waals surface area contributed by atoms with Crippen LogP contribution < -0.4 is 5.73 Å². The molecule has 1 heterocycles. The topological polar surface area (TPSA) is 38.5 Å². The zero-order valence-electron chi connectivity index (χ0n) is 11.3. The smallest absolute Gasteiger partial charge is 0.0593 e. The highest BCUT2D eigenvalue weighted by atomic mass is 16.5. The van der Waals surface area contributed by atoms with E-state index in [9.17, 15) is 0 Å². The molecule has 0 radical (unpaired) electrons. The molecule has 0 saturated carbocycles. The summed E-state index contributed by atoms with van der Waals surface area (Å²) >= 11 is 0. The lowest BCUT2D eigenvalue weighted by Gasteiger charge is -2.36. The van der Waals surface area contributed by atoms with E-state index in [1.54, 1.807) is 0 Å². The molecule has 0 aliphatic carbocycles. The van der Waals surface area contributed by atoms with E-state index in [1.807, 2.05) is 0 Å². The second kappa shape index (κ2) is 6.88. The van der Waals surface area contributed by atoms with Crippen molar-refractivity contribution in [3.8, 4) is 0 Å². The standard InChI is InChI=1S/C15H24N2O/c1-2-10-18-11-9-17-8-7-13-5-3-4-6-14(13)15(17)12-16/h3-6,15H,2,7-12,16H2,1H3. The average molecular weight is 248 g/mol. The van der Waals surface area contributed by atoms with Gasteiger partial charge in [0.05, 0.1) is 6.61 Å². The summed E-state index contributed by atoms with van der Waals surface area (Å²) in [6.07, 6.45) is 2.21. The Labute approximate surface area is 110 Å². The van der Waals surface area contributed by atoms with Gasteiger partial charge in [0.2, 0.25) is 0 Å². The fourth-order valence-corrected chi connectivity index (χ4v) is 2.68. The molecule has 1 aromatic rings. The van der Waals surface area contributed by atoms with Crippen molar-refractivity contribution in [2.45, 2.75) is 25.8 Å². The van der Waals surface area contributed by atoms with Gasteiger partial charge in [-0.3, -0.25) is 4.90 Å². The number of nitrogens with zero attached hydrogens (tertiary/aromatic N) is 1. The van der Waals surface area contributed by atoms with Crippen LogP contribution >= 0.6 is 0 Å². The zero-order valence-corrected chi connectivity index (χ0v) is 11.3. The van der Waals surface area contributed by atoms with Crippen LogP contribution in [0.3, 0.4) is 0 Å². The summed E-state index contributed by atoms with van der Waals surface area (Å²) in [7, 11) is 0. The van der Waals surface area contributed by atoms with Gasteiger partial charge in [-0.1, -0.05) is 31.2 Å². The molecule has 18 heavy (non-hydrogen) atoms. The predicted octanol–water partition coefficient (Wildman–Crippen LogP) is 1.97. The molecular formula is C15H24N2O. The van der Waals surface area contributed by atoms with Crippen molar-refractivity contribution in [2.75, 3.05) is 32.8 Å². The maximum atomic E-state index is 5.96. The highest BCUT2D eigenvalue weighted by Crippen LogP contribution is 2.28. The first-order valence-electron chi connectivity index (χ1n) is 6.96. The quantitative estimate of drug-likeness (QED) is 0.782. The van der Waals surface area contributed by atoms with Gasteiger partial charge in [-0.2, -0.15) is 0 Å². The Bertz CT molecular complexity index is 367. The summed E-state index contributed by atoms with van der Waals surface area (Å²) in [5.41, 5.74) is 8.82. The molecule has 3 nitrogen and oxygen atoms in total. The highest BCUT2D eigenvalue weighted by molar-refractivity contribution is 5.32. The molecular weight excluding hydrogens is 224 g/mol. The van der Waals surface area contributed by atoms with Gasteiger partial charge >= 0.3 is 0 Å². The lowest BCUT2D eigenvalue weighted by atomic mass is 9.92. The van der Waals surface area contributed by atoms with Crippen molar-refractivity contribution in [2.24, 2.45) is 5.73 Å². The van der Waals surface area contributed by atoms with Crippen molar-refractivity contribution in [1.29, 1.82) is 0 Å². The summed E-state index contributed by atoms with van der Waals surface area (Å²) in [5, 5.41) is 0. The minimum Gasteiger partial charge on any atom is -0.380 e. The van der Waals surface area contributed by atoms with E-state index in [-0.39, 0.29) is 0 Å². The molecule has 100 valence electrons. The van der Waals surface area contributed by atoms with Gasteiger partial charge in [-0.15, -0.1) is 0 Å². The minimum absolute atomic E-state index is 0.361. The molecule has 1 aliphatic rings. The molecule has 0 spiro atoms. The predicted molar refractivity (Wildman–Crippen MR) is 74.6 cm³/mol. The Morgan fingerprint density at radius 3 is 2.94 bits per heavy atom. The number of fused-ring (bicyclic) bond motifs is 1. The molecule has 1 atom stereocenters. The summed E-state index contributed by atoms with van der Waals surface area (Å²) < 4.78 is 5.58. The van der Waals surface area contributed by atoms with Crippen LogP contribution in [0.5, 0.6) is 0 Å². The van der Waals surface area contributed by atoms with Gasteiger partial charge < -0.3 is 10.5 Å². The van der Waals surface area contributed by atoms with E-state index in [1.165, 1.54) is 11.1 Å². The first-order valence-corrected chi connectivity index (χ1v) is 6.96. The van der Waals surface area contributed by atoms with Crippen LogP contribution in [-0.4, -0.2) is 37.7 Å². The van der Waals surface area contributed by atoms with Crippen molar-refractivity contribution < 1.29 is 4.74 Å². The highest BCUT2D eigenvalue weighted by Gasteiger charge is 2.25. The summed E-state index contributed by atoms with van der Waals surface area (Å²) in [6, 6.07) is 9.03. The molecule has 0 amide bonds. The number of nitrogens with two attached hydrogens (primary N) is 1. The van der Waals surface area contributed by atoms with Gasteiger partial charge in [-0.05, 0) is 24.0 Å². The number of hydrogen-bond donors (Lipinski definition) is 1. The maximum Gasteiger partial charge on any atom is 0.0593 e. The summed E-state index contributed by atoms with van der Waals surface area (Å²) in [4.78, 5) is 2.46. The lowest BCUT2D eigenvalue weighted by molar-refractivity contribution is 0.0846. The SMILES string of the molecule is CCCOCCN1CCc2ccccc2C1CN. The third-order valence-electron chi connectivity index (χ3n) is 3.62. The molecule has 0 saturated heterocycles. The fourth-order valence-electron chi connectivity index (χ4n) is 2.68. The van der Waals surface area contributed by atoms with Crippen molar-refractivity contribution >= 4 is 0 Å². The van der Waals surface area contributed by atoms with E-state index in [2.05, 4.69) is 36.1 Å².